The number of aliphatic hydroxyl groups is 2. The number of carbonyl (C=O) groups excluding carboxylic acids is 1. The van der Waals surface area contributed by atoms with Crippen molar-refractivity contribution < 1.29 is 15.0 Å². The number of carbonyl (C=O) groups is 1. The summed E-state index contributed by atoms with van der Waals surface area (Å²) in [6, 6.07) is 5.45. The van der Waals surface area contributed by atoms with Crippen molar-refractivity contribution in [1.82, 2.24) is 19.7 Å². The van der Waals surface area contributed by atoms with Crippen LogP contribution in [-0.2, 0) is 0 Å². The average molecular weight is 386 g/mol. The lowest BCUT2D eigenvalue weighted by Gasteiger charge is -2.23. The number of amides is 1. The van der Waals surface area contributed by atoms with E-state index in [-0.39, 0.29) is 31.1 Å². The molecule has 3 aromatic heterocycles. The highest BCUT2D eigenvalue weighted by Gasteiger charge is 2.35. The van der Waals surface area contributed by atoms with E-state index in [4.69, 9.17) is 4.98 Å². The summed E-state index contributed by atoms with van der Waals surface area (Å²) < 4.78 is 1.81. The highest BCUT2D eigenvalue weighted by Crippen LogP contribution is 2.31. The van der Waals surface area contributed by atoms with Crippen molar-refractivity contribution in [1.29, 1.82) is 0 Å². The fourth-order valence-corrected chi connectivity index (χ4v) is 4.28. The first-order valence-electron chi connectivity index (χ1n) is 9.01. The summed E-state index contributed by atoms with van der Waals surface area (Å²) >= 11 is 1.56. The van der Waals surface area contributed by atoms with Gasteiger partial charge in [-0.1, -0.05) is 6.07 Å². The van der Waals surface area contributed by atoms with Gasteiger partial charge < -0.3 is 15.1 Å². The molecule has 0 radical (unpaired) electrons. The van der Waals surface area contributed by atoms with E-state index in [1.165, 1.54) is 0 Å². The van der Waals surface area contributed by atoms with Crippen LogP contribution in [0.2, 0.25) is 0 Å². The second-order valence-electron chi connectivity index (χ2n) is 7.14. The molecule has 4 rings (SSSR count). The summed E-state index contributed by atoms with van der Waals surface area (Å²) in [5, 5.41) is 26.7. The molecule has 3 aromatic rings. The zero-order chi connectivity index (χ0) is 19.1. The van der Waals surface area contributed by atoms with Crippen LogP contribution in [0, 0.1) is 0 Å². The number of hydrogen-bond acceptors (Lipinski definition) is 6. The lowest BCUT2D eigenvalue weighted by atomic mass is 10.1. The zero-order valence-electron chi connectivity index (χ0n) is 15.2. The lowest BCUT2D eigenvalue weighted by Crippen LogP contribution is -2.38. The minimum absolute atomic E-state index is 0.107. The van der Waals surface area contributed by atoms with E-state index in [0.717, 1.165) is 10.6 Å². The maximum absolute atomic E-state index is 13.3. The van der Waals surface area contributed by atoms with E-state index in [2.05, 4.69) is 5.10 Å². The average Bonchev–Trinajstić information content (AvgIpc) is 3.38. The second kappa shape index (κ2) is 7.03. The molecule has 4 heterocycles. The molecule has 27 heavy (non-hydrogen) atoms. The van der Waals surface area contributed by atoms with Crippen molar-refractivity contribution in [2.75, 3.05) is 13.2 Å². The second-order valence-corrected chi connectivity index (χ2v) is 8.08. The van der Waals surface area contributed by atoms with E-state index in [1.807, 2.05) is 36.0 Å². The molecule has 2 atom stereocenters. The third-order valence-electron chi connectivity index (χ3n) is 4.92. The van der Waals surface area contributed by atoms with Crippen LogP contribution < -0.4 is 0 Å². The number of hydrogen-bond donors (Lipinski definition) is 2. The van der Waals surface area contributed by atoms with E-state index >= 15 is 0 Å². The topological polar surface area (TPSA) is 91.5 Å². The first-order chi connectivity index (χ1) is 13.0. The van der Waals surface area contributed by atoms with Gasteiger partial charge in [0.25, 0.3) is 5.91 Å². The van der Waals surface area contributed by atoms with E-state index in [9.17, 15) is 15.0 Å². The fraction of sp³-hybridized carbons (Fsp3) is 0.421. The number of nitrogens with zero attached hydrogens (tertiary/aromatic N) is 4. The quantitative estimate of drug-likeness (QED) is 0.718. The van der Waals surface area contributed by atoms with Gasteiger partial charge in [0.05, 0.1) is 46.5 Å². The van der Waals surface area contributed by atoms with Gasteiger partial charge in [0, 0.05) is 12.6 Å². The third-order valence-corrected chi connectivity index (χ3v) is 5.82. The molecule has 2 N–H and O–H groups in total. The predicted molar refractivity (Wildman–Crippen MR) is 104 cm³/mol. The SMILES string of the molecule is CC(C)n1ncc2c(C(=O)N3C[C@@H](O)C[C@H]3CO)cc(-c3cccs3)nc21. The van der Waals surface area contributed by atoms with Crippen molar-refractivity contribution >= 4 is 28.3 Å². The summed E-state index contributed by atoms with van der Waals surface area (Å²) in [7, 11) is 0. The summed E-state index contributed by atoms with van der Waals surface area (Å²) in [5.74, 6) is -0.209. The van der Waals surface area contributed by atoms with Gasteiger partial charge in [-0.05, 0) is 37.8 Å². The number of aromatic nitrogens is 3. The third kappa shape index (κ3) is 3.13. The van der Waals surface area contributed by atoms with Gasteiger partial charge in [-0.3, -0.25) is 4.79 Å². The monoisotopic (exact) mass is 386 g/mol. The molecule has 1 aliphatic rings. The normalized spacial score (nSPS) is 20.1. The Morgan fingerprint density at radius 1 is 1.44 bits per heavy atom. The Kier molecular flexibility index (Phi) is 4.71. The number of likely N-dealkylation sites (tertiary alicyclic amines) is 1. The summed E-state index contributed by atoms with van der Waals surface area (Å²) in [5.41, 5.74) is 1.89. The van der Waals surface area contributed by atoms with Gasteiger partial charge in [0.2, 0.25) is 0 Å². The van der Waals surface area contributed by atoms with Crippen LogP contribution in [0.3, 0.4) is 0 Å². The highest BCUT2D eigenvalue weighted by atomic mass is 32.1. The van der Waals surface area contributed by atoms with Gasteiger partial charge in [0.1, 0.15) is 0 Å². The first-order valence-corrected chi connectivity index (χ1v) is 9.89. The molecule has 1 aliphatic heterocycles. The number of rotatable bonds is 4. The Bertz CT molecular complexity index is 967. The number of β-amino-alcohol motifs (C(OH)–C–C–N with tert-alkyl or cyclic N) is 1. The van der Waals surface area contributed by atoms with Gasteiger partial charge in [-0.15, -0.1) is 11.3 Å². The maximum Gasteiger partial charge on any atom is 0.255 e. The van der Waals surface area contributed by atoms with Crippen molar-refractivity contribution in [2.24, 2.45) is 0 Å². The summed E-state index contributed by atoms with van der Waals surface area (Å²) in [6.07, 6.45) is 1.45. The van der Waals surface area contributed by atoms with Crippen LogP contribution in [0.1, 0.15) is 36.7 Å². The maximum atomic E-state index is 13.3. The Balaban J connectivity index is 1.87. The van der Waals surface area contributed by atoms with Crippen molar-refractivity contribution in [2.45, 2.75) is 38.5 Å². The minimum atomic E-state index is -0.612. The zero-order valence-corrected chi connectivity index (χ0v) is 16.1. The highest BCUT2D eigenvalue weighted by molar-refractivity contribution is 7.13. The predicted octanol–water partition coefficient (Wildman–Crippen LogP) is 2.31. The smallest absolute Gasteiger partial charge is 0.255 e. The fourth-order valence-electron chi connectivity index (χ4n) is 3.59. The molecule has 0 saturated carbocycles. The van der Waals surface area contributed by atoms with E-state index in [1.54, 1.807) is 28.5 Å². The van der Waals surface area contributed by atoms with Crippen molar-refractivity contribution in [3.8, 4) is 10.6 Å². The molecule has 7 nitrogen and oxygen atoms in total. The number of fused-ring (bicyclic) bond motifs is 1. The van der Waals surface area contributed by atoms with E-state index in [0.29, 0.717) is 23.0 Å². The molecule has 0 aliphatic carbocycles. The molecular formula is C19H22N4O3S. The molecule has 1 saturated heterocycles. The summed E-state index contributed by atoms with van der Waals surface area (Å²) in [4.78, 5) is 20.6. The van der Waals surface area contributed by atoms with Crippen molar-refractivity contribution in [3.05, 3.63) is 35.3 Å². The lowest BCUT2D eigenvalue weighted by molar-refractivity contribution is 0.0667. The van der Waals surface area contributed by atoms with Crippen LogP contribution in [0.5, 0.6) is 0 Å². The number of thiophene rings is 1. The van der Waals surface area contributed by atoms with Crippen LogP contribution in [0.25, 0.3) is 21.6 Å². The standard InChI is InChI=1S/C19H22N4O3S/c1-11(2)23-18-15(8-20-23)14(7-16(21-18)17-4-3-5-27-17)19(26)22-9-13(25)6-12(22)10-24/h3-5,7-8,11-13,24-25H,6,9-10H2,1-2H3/t12-,13-/m0/s1. The van der Waals surface area contributed by atoms with Crippen LogP contribution in [-0.4, -0.2) is 61.1 Å². The van der Waals surface area contributed by atoms with Crippen LogP contribution in [0.4, 0.5) is 0 Å². The molecule has 0 bridgehead atoms. The molecule has 8 heteroatoms. The van der Waals surface area contributed by atoms with Gasteiger partial charge >= 0.3 is 0 Å². The van der Waals surface area contributed by atoms with Gasteiger partial charge in [-0.2, -0.15) is 5.10 Å². The number of pyridine rings is 1. The van der Waals surface area contributed by atoms with E-state index < -0.39 is 6.10 Å². The first kappa shape index (κ1) is 18.1. The molecule has 0 unspecified atom stereocenters. The Morgan fingerprint density at radius 3 is 2.93 bits per heavy atom. The Labute approximate surface area is 160 Å². The molecule has 1 fully saturated rings. The molecule has 1 amide bonds. The van der Waals surface area contributed by atoms with Crippen LogP contribution >= 0.6 is 11.3 Å². The Morgan fingerprint density at radius 2 is 2.26 bits per heavy atom. The molecule has 0 spiro atoms. The molecule has 0 aromatic carbocycles. The van der Waals surface area contributed by atoms with Gasteiger partial charge in [-0.25, -0.2) is 9.67 Å². The largest absolute Gasteiger partial charge is 0.394 e. The van der Waals surface area contributed by atoms with Crippen LogP contribution in [0.15, 0.2) is 29.8 Å². The number of aliphatic hydroxyl groups excluding tert-OH is 2. The summed E-state index contributed by atoms with van der Waals surface area (Å²) in [6.45, 7) is 4.10. The van der Waals surface area contributed by atoms with Crippen molar-refractivity contribution in [3.63, 3.8) is 0 Å². The Hall–Kier alpha value is -2.29. The van der Waals surface area contributed by atoms with Gasteiger partial charge in [0.15, 0.2) is 5.65 Å². The molecule has 142 valence electrons. The minimum Gasteiger partial charge on any atom is -0.394 e. The molecular weight excluding hydrogens is 364 g/mol.